The summed E-state index contributed by atoms with van der Waals surface area (Å²) in [5, 5.41) is 37.6. The monoisotopic (exact) mass is 523 g/mol. The molecule has 0 bridgehead atoms. The number of rotatable bonds is 8. The van der Waals surface area contributed by atoms with Crippen LogP contribution in [0.4, 0.5) is 0 Å². The molecule has 1 fully saturated rings. The van der Waals surface area contributed by atoms with Crippen LogP contribution in [0.25, 0.3) is 11.2 Å². The molecule has 0 amide bonds. The van der Waals surface area contributed by atoms with Crippen molar-refractivity contribution in [1.82, 2.24) is 19.3 Å². The summed E-state index contributed by atoms with van der Waals surface area (Å²) in [7, 11) is -16.8. The van der Waals surface area contributed by atoms with E-state index in [1.54, 1.807) is 0 Å². The summed E-state index contributed by atoms with van der Waals surface area (Å²) in [6.07, 6.45) is -4.34. The molecule has 8 N–H and O–H groups in total. The first-order valence-electron chi connectivity index (χ1n) is 8.08. The highest BCUT2D eigenvalue weighted by Crippen LogP contribution is 2.66. The lowest BCUT2D eigenvalue weighted by Gasteiger charge is -2.19. The maximum absolute atomic E-state index is 11.8. The number of fused-ring (bicyclic) bond motifs is 1. The molecule has 0 spiro atoms. The van der Waals surface area contributed by atoms with Gasteiger partial charge in [0.15, 0.2) is 22.9 Å². The number of hydrogen-bond acceptors (Lipinski definition) is 13. The Bertz CT molecular complexity index is 1210. The number of hydrogen-bond donors (Lipinski definition) is 8. The third kappa shape index (κ3) is 5.49. The molecule has 0 saturated carbocycles. The Labute approximate surface area is 176 Å². The van der Waals surface area contributed by atoms with E-state index >= 15 is 0 Å². The number of aliphatic hydroxyl groups excluding tert-OH is 2. The predicted octanol–water partition coefficient (Wildman–Crippen LogP) is -2.09. The average Bonchev–Trinajstić information content (AvgIpc) is 3.16. The van der Waals surface area contributed by atoms with Crippen LogP contribution in [-0.4, -0.2) is 79.2 Å². The minimum atomic E-state index is -5.73. The lowest BCUT2D eigenvalue weighted by atomic mass is 10.1. The Kier molecular flexibility index (Phi) is 6.78. The molecule has 180 valence electrons. The number of nitrogens with one attached hydrogen (secondary N) is 1. The number of nitrogens with zero attached hydrogens (tertiary/aromatic N) is 4. The summed E-state index contributed by atoms with van der Waals surface area (Å²) < 4.78 is 52.1. The van der Waals surface area contributed by atoms with Gasteiger partial charge >= 0.3 is 23.5 Å². The van der Waals surface area contributed by atoms with E-state index in [2.05, 4.69) is 23.1 Å². The highest BCUT2D eigenvalue weighted by Gasteiger charge is 2.47. The summed E-state index contributed by atoms with van der Waals surface area (Å²) >= 11 is 0. The van der Waals surface area contributed by atoms with Crippen molar-refractivity contribution in [2.45, 2.75) is 24.5 Å². The Hall–Kier alpha value is -1.56. The normalized spacial score (nSPS) is 27.9. The average molecular weight is 523 g/mol. The zero-order valence-corrected chi connectivity index (χ0v) is 18.0. The van der Waals surface area contributed by atoms with Crippen LogP contribution in [0.15, 0.2) is 12.7 Å². The molecule has 19 nitrogen and oxygen atoms in total. The van der Waals surface area contributed by atoms with E-state index in [1.807, 2.05) is 0 Å². The fourth-order valence-corrected chi connectivity index (χ4v) is 5.71. The summed E-state index contributed by atoms with van der Waals surface area (Å²) in [6.45, 7) is -1.00. The minimum Gasteiger partial charge on any atom is -0.425 e. The van der Waals surface area contributed by atoms with Crippen molar-refractivity contribution in [3.8, 4) is 0 Å². The van der Waals surface area contributed by atoms with Gasteiger partial charge in [-0.15, -0.1) is 0 Å². The van der Waals surface area contributed by atoms with Crippen LogP contribution >= 0.6 is 23.5 Å². The molecule has 0 aliphatic carbocycles. The van der Waals surface area contributed by atoms with Crippen LogP contribution in [0, 0.1) is 5.41 Å². The highest BCUT2D eigenvalue weighted by atomic mass is 31.3. The van der Waals surface area contributed by atoms with E-state index in [0.717, 1.165) is 17.2 Å². The molecule has 3 heterocycles. The van der Waals surface area contributed by atoms with E-state index in [9.17, 15) is 34.0 Å². The van der Waals surface area contributed by atoms with Gasteiger partial charge < -0.3 is 39.7 Å². The number of ether oxygens (including phenoxy) is 1. The van der Waals surface area contributed by atoms with Crippen molar-refractivity contribution >= 4 is 34.6 Å². The molecule has 2 aromatic heterocycles. The van der Waals surface area contributed by atoms with Gasteiger partial charge in [-0.25, -0.2) is 23.7 Å². The van der Waals surface area contributed by atoms with Crippen LogP contribution in [0.5, 0.6) is 0 Å². The molecule has 0 radical (unpaired) electrons. The van der Waals surface area contributed by atoms with Gasteiger partial charge in [-0.05, 0) is 0 Å². The van der Waals surface area contributed by atoms with E-state index in [1.165, 1.54) is 0 Å². The maximum Gasteiger partial charge on any atom is 0.490 e. The number of phosphoric acid groups is 3. The van der Waals surface area contributed by atoms with Crippen molar-refractivity contribution in [2.75, 3.05) is 6.61 Å². The summed E-state index contributed by atoms with van der Waals surface area (Å²) in [6, 6.07) is 0. The van der Waals surface area contributed by atoms with Crippen molar-refractivity contribution < 1.29 is 66.6 Å². The van der Waals surface area contributed by atoms with Crippen LogP contribution < -0.4 is 5.49 Å². The molecule has 6 atom stereocenters. The molecule has 22 heteroatoms. The van der Waals surface area contributed by atoms with Crippen molar-refractivity contribution in [2.24, 2.45) is 0 Å². The molecule has 0 aromatic carbocycles. The first-order chi connectivity index (χ1) is 14.6. The second-order valence-corrected chi connectivity index (χ2v) is 10.6. The zero-order chi connectivity index (χ0) is 24.1. The van der Waals surface area contributed by atoms with Gasteiger partial charge in [0.05, 0.1) is 12.9 Å². The fraction of sp³-hybridized carbons (Fsp3) is 0.500. The van der Waals surface area contributed by atoms with E-state index in [0.29, 0.717) is 4.73 Å². The SMILES string of the molecule is N=c1c2ncn(C3OC(COP(=O)(O)OP(=O)(O)OP(=O)(O)O)C(O)C3O)c2ncn1O. The highest BCUT2D eigenvalue weighted by molar-refractivity contribution is 7.66. The Balaban J connectivity index is 1.72. The summed E-state index contributed by atoms with van der Waals surface area (Å²) in [5.41, 5.74) is -0.548. The predicted molar refractivity (Wildman–Crippen MR) is 94.3 cm³/mol. The summed E-state index contributed by atoms with van der Waals surface area (Å²) in [5.74, 6) is 0. The van der Waals surface area contributed by atoms with Crippen molar-refractivity contribution in [3.05, 3.63) is 18.1 Å². The molecule has 1 saturated heterocycles. The maximum atomic E-state index is 11.8. The van der Waals surface area contributed by atoms with Gasteiger partial charge in [0.2, 0.25) is 0 Å². The number of phosphoric ester groups is 1. The van der Waals surface area contributed by atoms with E-state index < -0.39 is 60.1 Å². The lowest BCUT2D eigenvalue weighted by Crippen LogP contribution is -2.33. The van der Waals surface area contributed by atoms with Crippen LogP contribution in [0.3, 0.4) is 0 Å². The van der Waals surface area contributed by atoms with Crippen molar-refractivity contribution in [3.63, 3.8) is 0 Å². The number of aromatic nitrogens is 4. The molecule has 6 unspecified atom stereocenters. The first-order valence-corrected chi connectivity index (χ1v) is 12.6. The standard InChI is InChI=1S/C10H16N5O14P3/c11-8-5-9(13-3-15(8)18)14(2-12-5)10-7(17)6(16)4(27-10)1-26-31(22,23)29-32(24,25)28-30(19,20)21/h2-4,6-7,10-11,16-18H,1H2,(H,22,23)(H,24,25)(H2,19,20,21). The molecule has 32 heavy (non-hydrogen) atoms. The van der Waals surface area contributed by atoms with Crippen molar-refractivity contribution in [1.29, 1.82) is 5.41 Å². The van der Waals surface area contributed by atoms with Crippen LogP contribution in [0.2, 0.25) is 0 Å². The Morgan fingerprint density at radius 2 is 1.69 bits per heavy atom. The fourth-order valence-electron chi connectivity index (χ4n) is 2.68. The second kappa shape index (κ2) is 8.66. The van der Waals surface area contributed by atoms with E-state index in [-0.39, 0.29) is 11.2 Å². The van der Waals surface area contributed by atoms with Gasteiger partial charge in [-0.3, -0.25) is 14.5 Å². The molecule has 2 aromatic rings. The molecular formula is C10H16N5O14P3. The topological polar surface area (TPSA) is 289 Å². The number of aliphatic hydroxyl groups is 2. The lowest BCUT2D eigenvalue weighted by molar-refractivity contribution is -0.0503. The van der Waals surface area contributed by atoms with Gasteiger partial charge in [0, 0.05) is 0 Å². The van der Waals surface area contributed by atoms with Crippen LogP contribution in [-0.2, 0) is 31.6 Å². The second-order valence-electron chi connectivity index (χ2n) is 6.19. The van der Waals surface area contributed by atoms with Gasteiger partial charge in [-0.2, -0.15) is 13.4 Å². The zero-order valence-electron chi connectivity index (χ0n) is 15.3. The largest absolute Gasteiger partial charge is 0.490 e. The van der Waals surface area contributed by atoms with E-state index in [4.69, 9.17) is 24.8 Å². The smallest absolute Gasteiger partial charge is 0.425 e. The molecule has 1 aliphatic heterocycles. The molecule has 3 rings (SSSR count). The van der Waals surface area contributed by atoms with Gasteiger partial charge in [0.1, 0.15) is 24.6 Å². The quantitative estimate of drug-likeness (QED) is 0.136. The Morgan fingerprint density at radius 1 is 1.03 bits per heavy atom. The minimum absolute atomic E-state index is 0.0231. The Morgan fingerprint density at radius 3 is 2.31 bits per heavy atom. The first kappa shape index (κ1) is 25.1. The van der Waals surface area contributed by atoms with Gasteiger partial charge in [0.25, 0.3) is 0 Å². The molecule has 1 aliphatic rings. The van der Waals surface area contributed by atoms with Crippen LogP contribution in [0.1, 0.15) is 6.23 Å². The third-order valence-electron chi connectivity index (χ3n) is 3.94. The molecular weight excluding hydrogens is 507 g/mol. The summed E-state index contributed by atoms with van der Waals surface area (Å²) in [4.78, 5) is 43.3. The van der Waals surface area contributed by atoms with Gasteiger partial charge in [-0.1, -0.05) is 0 Å². The third-order valence-corrected chi connectivity index (χ3v) is 7.74. The number of imidazole rings is 1.